The molecule has 2 aromatic rings. The van der Waals surface area contributed by atoms with Crippen LogP contribution in [0.4, 0.5) is 5.69 Å². The van der Waals surface area contributed by atoms with E-state index in [-0.39, 0.29) is 5.91 Å². The summed E-state index contributed by atoms with van der Waals surface area (Å²) in [7, 11) is 0. The number of carbonyl (C=O) groups excluding carboxylic acids is 1. The number of carbonyl (C=O) groups is 1. The van der Waals surface area contributed by atoms with E-state index in [1.165, 1.54) is 0 Å². The van der Waals surface area contributed by atoms with Gasteiger partial charge in [-0.3, -0.25) is 4.79 Å². The Hall–Kier alpha value is -1.72. The van der Waals surface area contributed by atoms with Crippen molar-refractivity contribution < 1.29 is 4.79 Å². The summed E-state index contributed by atoms with van der Waals surface area (Å²) in [5.74, 6) is -0.0428. The molecule has 0 radical (unpaired) electrons. The van der Waals surface area contributed by atoms with Crippen LogP contribution in [0.2, 0.25) is 0 Å². The third-order valence-corrected chi connectivity index (χ3v) is 4.40. The Morgan fingerprint density at radius 2 is 2.30 bits per heavy atom. The first-order chi connectivity index (χ1) is 9.59. The van der Waals surface area contributed by atoms with Gasteiger partial charge in [0.2, 0.25) is 5.91 Å². The van der Waals surface area contributed by atoms with Crippen LogP contribution in [0.25, 0.3) is 10.6 Å². The molecule has 5 heteroatoms. The van der Waals surface area contributed by atoms with Crippen LogP contribution in [0.5, 0.6) is 0 Å². The van der Waals surface area contributed by atoms with Crippen LogP contribution in [0.15, 0.2) is 35.8 Å². The van der Waals surface area contributed by atoms with Crippen LogP contribution < -0.4 is 11.1 Å². The van der Waals surface area contributed by atoms with Crippen molar-refractivity contribution in [2.24, 2.45) is 11.1 Å². The van der Waals surface area contributed by atoms with Crippen molar-refractivity contribution in [3.63, 3.8) is 0 Å². The Morgan fingerprint density at radius 1 is 1.50 bits per heavy atom. The zero-order valence-corrected chi connectivity index (χ0v) is 12.5. The lowest BCUT2D eigenvalue weighted by Gasteiger charge is -2.25. The summed E-state index contributed by atoms with van der Waals surface area (Å²) < 4.78 is 0. The van der Waals surface area contributed by atoms with Crippen molar-refractivity contribution in [2.45, 2.75) is 20.3 Å². The van der Waals surface area contributed by atoms with Crippen LogP contribution in [-0.4, -0.2) is 17.4 Å². The molecular formula is C15H19N3OS. The predicted octanol–water partition coefficient (Wildman–Crippen LogP) is 3.12. The van der Waals surface area contributed by atoms with Gasteiger partial charge in [-0.2, -0.15) is 0 Å². The van der Waals surface area contributed by atoms with Gasteiger partial charge < -0.3 is 11.1 Å². The number of nitrogens with zero attached hydrogens (tertiary/aromatic N) is 1. The fraction of sp³-hybridized carbons (Fsp3) is 0.333. The topological polar surface area (TPSA) is 68.0 Å². The molecule has 0 aliphatic rings. The molecular weight excluding hydrogens is 270 g/mol. The minimum atomic E-state index is -0.531. The van der Waals surface area contributed by atoms with E-state index < -0.39 is 5.41 Å². The summed E-state index contributed by atoms with van der Waals surface area (Å²) in [5, 5.41) is 5.82. The predicted molar refractivity (Wildman–Crippen MR) is 83.6 cm³/mol. The molecule has 4 nitrogen and oxygen atoms in total. The molecule has 20 heavy (non-hydrogen) atoms. The van der Waals surface area contributed by atoms with Crippen LogP contribution in [-0.2, 0) is 4.79 Å². The molecule has 0 bridgehead atoms. The minimum absolute atomic E-state index is 0.0428. The highest BCUT2D eigenvalue weighted by molar-refractivity contribution is 7.13. The zero-order valence-electron chi connectivity index (χ0n) is 11.7. The zero-order chi connectivity index (χ0) is 14.6. The van der Waals surface area contributed by atoms with E-state index in [0.29, 0.717) is 13.0 Å². The number of hydrogen-bond acceptors (Lipinski definition) is 4. The molecule has 0 aliphatic carbocycles. The molecule has 0 saturated carbocycles. The second kappa shape index (κ2) is 6.15. The standard InChI is InChI=1S/C15H19N3OS/c1-3-15(2,10-16)14(19)18-12-6-4-5-11(9-12)13-17-7-8-20-13/h4-9H,3,10,16H2,1-2H3,(H,18,19). The second-order valence-electron chi connectivity index (χ2n) is 4.99. The highest BCUT2D eigenvalue weighted by Crippen LogP contribution is 2.26. The number of anilines is 1. The normalized spacial score (nSPS) is 13.8. The largest absolute Gasteiger partial charge is 0.329 e. The fourth-order valence-corrected chi connectivity index (χ4v) is 2.41. The molecule has 0 fully saturated rings. The van der Waals surface area contributed by atoms with Crippen molar-refractivity contribution >= 4 is 22.9 Å². The Labute approximate surface area is 123 Å². The molecule has 3 N–H and O–H groups in total. The number of amides is 1. The summed E-state index contributed by atoms with van der Waals surface area (Å²) >= 11 is 1.57. The average Bonchev–Trinajstić information content (AvgIpc) is 3.01. The maximum Gasteiger partial charge on any atom is 0.231 e. The smallest absolute Gasteiger partial charge is 0.231 e. The molecule has 106 valence electrons. The van der Waals surface area contributed by atoms with Gasteiger partial charge in [0.1, 0.15) is 5.01 Å². The lowest BCUT2D eigenvalue weighted by molar-refractivity contribution is -0.124. The monoisotopic (exact) mass is 289 g/mol. The maximum atomic E-state index is 12.3. The molecule has 1 aromatic heterocycles. The Bertz CT molecular complexity index is 577. The van der Waals surface area contributed by atoms with Crippen molar-refractivity contribution in [1.29, 1.82) is 0 Å². The van der Waals surface area contributed by atoms with E-state index in [1.54, 1.807) is 17.5 Å². The highest BCUT2D eigenvalue weighted by Gasteiger charge is 2.29. The number of nitrogens with one attached hydrogen (secondary N) is 1. The second-order valence-corrected chi connectivity index (χ2v) is 5.89. The number of hydrogen-bond donors (Lipinski definition) is 2. The maximum absolute atomic E-state index is 12.3. The molecule has 1 aromatic carbocycles. The van der Waals surface area contributed by atoms with Gasteiger partial charge >= 0.3 is 0 Å². The Morgan fingerprint density at radius 3 is 2.90 bits per heavy atom. The number of nitrogens with two attached hydrogens (primary N) is 1. The van der Waals surface area contributed by atoms with Gasteiger partial charge in [-0.25, -0.2) is 4.98 Å². The molecule has 1 heterocycles. The number of thiazole rings is 1. The minimum Gasteiger partial charge on any atom is -0.329 e. The molecule has 1 atom stereocenters. The quantitative estimate of drug-likeness (QED) is 0.888. The summed E-state index contributed by atoms with van der Waals surface area (Å²) in [6.45, 7) is 4.19. The van der Waals surface area contributed by atoms with Crippen LogP contribution in [0.3, 0.4) is 0 Å². The summed E-state index contributed by atoms with van der Waals surface area (Å²) in [6, 6.07) is 7.71. The third kappa shape index (κ3) is 3.05. The molecule has 0 saturated heterocycles. The first-order valence-electron chi connectivity index (χ1n) is 6.60. The number of rotatable bonds is 5. The van der Waals surface area contributed by atoms with Crippen LogP contribution in [0, 0.1) is 5.41 Å². The van der Waals surface area contributed by atoms with E-state index in [1.807, 2.05) is 43.5 Å². The van der Waals surface area contributed by atoms with E-state index in [2.05, 4.69) is 10.3 Å². The SMILES string of the molecule is CCC(C)(CN)C(=O)Nc1cccc(-c2nccs2)c1. The van der Waals surface area contributed by atoms with Gasteiger partial charge in [0, 0.05) is 29.4 Å². The molecule has 2 rings (SSSR count). The summed E-state index contributed by atoms with van der Waals surface area (Å²) in [6.07, 6.45) is 2.48. The van der Waals surface area contributed by atoms with E-state index in [0.717, 1.165) is 16.3 Å². The molecule has 0 aliphatic heterocycles. The van der Waals surface area contributed by atoms with Crippen LogP contribution >= 0.6 is 11.3 Å². The van der Waals surface area contributed by atoms with Gasteiger partial charge in [0.05, 0.1) is 5.41 Å². The summed E-state index contributed by atoms with van der Waals surface area (Å²) in [4.78, 5) is 16.6. The molecule has 0 spiro atoms. The van der Waals surface area contributed by atoms with Gasteiger partial charge in [-0.15, -0.1) is 11.3 Å². The average molecular weight is 289 g/mol. The Balaban J connectivity index is 2.19. The lowest BCUT2D eigenvalue weighted by Crippen LogP contribution is -2.39. The molecule has 1 amide bonds. The van der Waals surface area contributed by atoms with Gasteiger partial charge in [0.25, 0.3) is 0 Å². The van der Waals surface area contributed by atoms with Crippen molar-refractivity contribution in [2.75, 3.05) is 11.9 Å². The first kappa shape index (κ1) is 14.7. The Kier molecular flexibility index (Phi) is 4.52. The van der Waals surface area contributed by atoms with E-state index in [4.69, 9.17) is 5.73 Å². The third-order valence-electron chi connectivity index (χ3n) is 3.58. The summed E-state index contributed by atoms with van der Waals surface area (Å²) in [5.41, 5.74) is 6.96. The molecule has 1 unspecified atom stereocenters. The lowest BCUT2D eigenvalue weighted by atomic mass is 9.86. The highest BCUT2D eigenvalue weighted by atomic mass is 32.1. The number of benzene rings is 1. The van der Waals surface area contributed by atoms with E-state index >= 15 is 0 Å². The van der Waals surface area contributed by atoms with Gasteiger partial charge in [-0.05, 0) is 25.5 Å². The van der Waals surface area contributed by atoms with Crippen LogP contribution in [0.1, 0.15) is 20.3 Å². The number of aromatic nitrogens is 1. The van der Waals surface area contributed by atoms with Crippen molar-refractivity contribution in [1.82, 2.24) is 4.98 Å². The fourth-order valence-electron chi connectivity index (χ4n) is 1.78. The van der Waals surface area contributed by atoms with Gasteiger partial charge in [-0.1, -0.05) is 19.1 Å². The van der Waals surface area contributed by atoms with Crippen molar-refractivity contribution in [3.8, 4) is 10.6 Å². The first-order valence-corrected chi connectivity index (χ1v) is 7.48. The van der Waals surface area contributed by atoms with Crippen molar-refractivity contribution in [3.05, 3.63) is 35.8 Å². The van der Waals surface area contributed by atoms with Gasteiger partial charge in [0.15, 0.2) is 0 Å². The van der Waals surface area contributed by atoms with E-state index in [9.17, 15) is 4.79 Å².